The molecule has 1 aromatic heterocycles. The highest BCUT2D eigenvalue weighted by Crippen LogP contribution is 2.50. The topological polar surface area (TPSA) is 85.2 Å². The van der Waals surface area contributed by atoms with Gasteiger partial charge in [0, 0.05) is 17.7 Å². The van der Waals surface area contributed by atoms with Crippen LogP contribution >= 0.6 is 0 Å². The number of anilines is 2. The van der Waals surface area contributed by atoms with E-state index in [0.717, 1.165) is 28.3 Å². The monoisotopic (exact) mass is 402 g/mol. The second-order valence-corrected chi connectivity index (χ2v) is 8.06. The van der Waals surface area contributed by atoms with E-state index < -0.39 is 5.41 Å². The Morgan fingerprint density at radius 1 is 1.07 bits per heavy atom. The van der Waals surface area contributed by atoms with E-state index in [-0.39, 0.29) is 18.2 Å². The van der Waals surface area contributed by atoms with E-state index in [1.54, 1.807) is 18.0 Å². The van der Waals surface area contributed by atoms with Gasteiger partial charge in [-0.2, -0.15) is 5.10 Å². The van der Waals surface area contributed by atoms with E-state index in [2.05, 4.69) is 29.6 Å². The average Bonchev–Trinajstić information content (AvgIpc) is 3.27. The lowest BCUT2D eigenvalue weighted by molar-refractivity contribution is -0.125. The van der Waals surface area contributed by atoms with Crippen LogP contribution in [0.25, 0.3) is 5.69 Å². The third kappa shape index (κ3) is 2.48. The van der Waals surface area contributed by atoms with Gasteiger partial charge < -0.3 is 15.4 Å². The molecular weight excluding hydrogens is 380 g/mol. The van der Waals surface area contributed by atoms with Crippen LogP contribution in [0.2, 0.25) is 0 Å². The molecule has 2 aliphatic rings. The predicted octanol–water partition coefficient (Wildman–Crippen LogP) is 3.58. The van der Waals surface area contributed by atoms with Crippen molar-refractivity contribution in [2.24, 2.45) is 0 Å². The second kappa shape index (κ2) is 6.45. The van der Waals surface area contributed by atoms with Crippen LogP contribution in [0.15, 0.2) is 48.7 Å². The molecule has 0 fully saturated rings. The van der Waals surface area contributed by atoms with E-state index in [1.807, 2.05) is 42.5 Å². The molecule has 3 heterocycles. The van der Waals surface area contributed by atoms with Crippen LogP contribution in [0.5, 0.6) is 5.75 Å². The van der Waals surface area contributed by atoms with Gasteiger partial charge in [0.1, 0.15) is 17.0 Å². The SMILES string of the molecule is COc1ccc(-n2ncc3c2NC(=O)C[C@@]32C(=O)Nc3ccc(C(C)C)cc32)cc1. The minimum absolute atomic E-state index is 0.0503. The molecule has 7 nitrogen and oxygen atoms in total. The fraction of sp³-hybridized carbons (Fsp3) is 0.261. The number of nitrogens with one attached hydrogen (secondary N) is 2. The molecule has 0 bridgehead atoms. The molecule has 1 spiro atoms. The standard InChI is InChI=1S/C23H22N4O3/c1-13(2)14-4-9-19-17(10-14)23(22(29)25-19)11-20(28)26-21-18(23)12-24-27(21)15-5-7-16(30-3)8-6-15/h4-10,12-13H,11H2,1-3H3,(H,25,29)(H,26,28)/t23-/m0/s1. The Bertz CT molecular complexity index is 1180. The van der Waals surface area contributed by atoms with Crippen molar-refractivity contribution in [2.45, 2.75) is 31.6 Å². The second-order valence-electron chi connectivity index (χ2n) is 8.06. The van der Waals surface area contributed by atoms with E-state index >= 15 is 0 Å². The Morgan fingerprint density at radius 3 is 2.53 bits per heavy atom. The Kier molecular flexibility index (Phi) is 3.96. The predicted molar refractivity (Wildman–Crippen MR) is 113 cm³/mol. The van der Waals surface area contributed by atoms with Gasteiger partial charge in [-0.25, -0.2) is 4.68 Å². The number of rotatable bonds is 3. The summed E-state index contributed by atoms with van der Waals surface area (Å²) in [5.74, 6) is 1.15. The van der Waals surface area contributed by atoms with Crippen molar-refractivity contribution in [2.75, 3.05) is 17.7 Å². The summed E-state index contributed by atoms with van der Waals surface area (Å²) in [5, 5.41) is 10.4. The van der Waals surface area contributed by atoms with Gasteiger partial charge >= 0.3 is 0 Å². The van der Waals surface area contributed by atoms with Gasteiger partial charge in [-0.3, -0.25) is 9.59 Å². The zero-order valence-corrected chi connectivity index (χ0v) is 17.0. The number of hydrogen-bond donors (Lipinski definition) is 2. The lowest BCUT2D eigenvalue weighted by atomic mass is 9.71. The highest BCUT2D eigenvalue weighted by molar-refractivity contribution is 6.14. The number of carbonyl (C=O) groups is 2. The van der Waals surface area contributed by atoms with Crippen LogP contribution in [-0.2, 0) is 15.0 Å². The number of nitrogens with zero attached hydrogens (tertiary/aromatic N) is 2. The molecule has 2 N–H and O–H groups in total. The van der Waals surface area contributed by atoms with Gasteiger partial charge in [0.15, 0.2) is 0 Å². The molecule has 0 saturated heterocycles. The van der Waals surface area contributed by atoms with Crippen molar-refractivity contribution in [3.8, 4) is 11.4 Å². The maximum atomic E-state index is 13.3. The summed E-state index contributed by atoms with van der Waals surface area (Å²) < 4.78 is 6.88. The number of amides is 2. The van der Waals surface area contributed by atoms with Gasteiger partial charge in [0.2, 0.25) is 11.8 Å². The molecule has 3 aromatic rings. The van der Waals surface area contributed by atoms with Crippen LogP contribution in [0.3, 0.4) is 0 Å². The number of ether oxygens (including phenoxy) is 1. The summed E-state index contributed by atoms with van der Waals surface area (Å²) in [6.45, 7) is 4.22. The van der Waals surface area contributed by atoms with Crippen LogP contribution in [0.1, 0.15) is 42.9 Å². The number of benzene rings is 2. The van der Waals surface area contributed by atoms with E-state index in [0.29, 0.717) is 17.3 Å². The number of fused-ring (bicyclic) bond motifs is 4. The van der Waals surface area contributed by atoms with Crippen molar-refractivity contribution >= 4 is 23.3 Å². The van der Waals surface area contributed by atoms with Crippen molar-refractivity contribution in [1.29, 1.82) is 0 Å². The largest absolute Gasteiger partial charge is 0.497 e. The van der Waals surface area contributed by atoms with Gasteiger partial charge in [-0.15, -0.1) is 0 Å². The molecule has 2 amide bonds. The fourth-order valence-corrected chi connectivity index (χ4v) is 4.39. The molecule has 0 radical (unpaired) electrons. The highest BCUT2D eigenvalue weighted by Gasteiger charge is 2.54. The van der Waals surface area contributed by atoms with E-state index in [4.69, 9.17) is 4.74 Å². The van der Waals surface area contributed by atoms with E-state index in [9.17, 15) is 9.59 Å². The zero-order valence-electron chi connectivity index (χ0n) is 17.0. The number of hydrogen-bond acceptors (Lipinski definition) is 4. The molecule has 5 rings (SSSR count). The van der Waals surface area contributed by atoms with Crippen LogP contribution in [0, 0.1) is 0 Å². The molecule has 152 valence electrons. The van der Waals surface area contributed by atoms with Gasteiger partial charge in [-0.1, -0.05) is 26.0 Å². The molecule has 2 aliphatic heterocycles. The molecular formula is C23H22N4O3. The summed E-state index contributed by atoms with van der Waals surface area (Å²) in [6, 6.07) is 13.4. The maximum Gasteiger partial charge on any atom is 0.240 e. The van der Waals surface area contributed by atoms with Gasteiger partial charge in [0.25, 0.3) is 0 Å². The first-order valence-electron chi connectivity index (χ1n) is 9.92. The highest BCUT2D eigenvalue weighted by atomic mass is 16.5. The first kappa shape index (κ1) is 18.4. The summed E-state index contributed by atoms with van der Waals surface area (Å²) in [5.41, 5.74) is 3.10. The van der Waals surface area contributed by atoms with E-state index in [1.165, 1.54) is 0 Å². The molecule has 0 aliphatic carbocycles. The molecule has 30 heavy (non-hydrogen) atoms. The minimum Gasteiger partial charge on any atom is -0.497 e. The number of aromatic nitrogens is 2. The summed E-state index contributed by atoms with van der Waals surface area (Å²) in [6.07, 6.45) is 1.74. The molecule has 2 aromatic carbocycles. The lowest BCUT2D eigenvalue weighted by Gasteiger charge is -2.32. The summed E-state index contributed by atoms with van der Waals surface area (Å²) >= 11 is 0. The van der Waals surface area contributed by atoms with Crippen LogP contribution < -0.4 is 15.4 Å². The minimum atomic E-state index is -1.08. The summed E-state index contributed by atoms with van der Waals surface area (Å²) in [7, 11) is 1.61. The van der Waals surface area contributed by atoms with Crippen molar-refractivity contribution in [3.63, 3.8) is 0 Å². The van der Waals surface area contributed by atoms with Crippen LogP contribution in [-0.4, -0.2) is 28.7 Å². The maximum absolute atomic E-state index is 13.3. The Morgan fingerprint density at radius 2 is 1.83 bits per heavy atom. The molecule has 1 atom stereocenters. The third-order valence-corrected chi connectivity index (χ3v) is 6.04. The fourth-order valence-electron chi connectivity index (χ4n) is 4.39. The molecule has 0 unspecified atom stereocenters. The molecule has 7 heteroatoms. The molecule has 0 saturated carbocycles. The Labute approximate surface area is 174 Å². The number of carbonyl (C=O) groups excluding carboxylic acids is 2. The van der Waals surface area contributed by atoms with Crippen molar-refractivity contribution < 1.29 is 14.3 Å². The lowest BCUT2D eigenvalue weighted by Crippen LogP contribution is -2.43. The Balaban J connectivity index is 1.71. The normalized spacial score (nSPS) is 19.5. The van der Waals surface area contributed by atoms with Crippen molar-refractivity contribution in [1.82, 2.24) is 9.78 Å². The van der Waals surface area contributed by atoms with Crippen molar-refractivity contribution in [3.05, 3.63) is 65.4 Å². The first-order chi connectivity index (χ1) is 14.4. The van der Waals surface area contributed by atoms with Gasteiger partial charge in [0.05, 0.1) is 19.0 Å². The third-order valence-electron chi connectivity index (χ3n) is 6.04. The van der Waals surface area contributed by atoms with Gasteiger partial charge in [-0.05, 0) is 47.4 Å². The zero-order chi connectivity index (χ0) is 21.0. The first-order valence-corrected chi connectivity index (χ1v) is 9.92. The summed E-state index contributed by atoms with van der Waals surface area (Å²) in [4.78, 5) is 26.1. The average molecular weight is 402 g/mol. The quantitative estimate of drug-likeness (QED) is 0.701. The number of methoxy groups -OCH3 is 1. The Hall–Kier alpha value is -3.61. The van der Waals surface area contributed by atoms with Crippen LogP contribution in [0.4, 0.5) is 11.5 Å². The smallest absolute Gasteiger partial charge is 0.240 e.